The van der Waals surface area contributed by atoms with E-state index in [0.717, 1.165) is 6.26 Å². The van der Waals surface area contributed by atoms with Crippen molar-refractivity contribution >= 4 is 19.7 Å². The molecule has 0 saturated carbocycles. The fourth-order valence-corrected chi connectivity index (χ4v) is 9.01. The summed E-state index contributed by atoms with van der Waals surface area (Å²) < 4.78 is 53.8. The molecule has 0 amide bonds. The van der Waals surface area contributed by atoms with E-state index in [1.54, 1.807) is 24.3 Å². The molecule has 7 heteroatoms. The number of hydrogen-bond donors (Lipinski definition) is 0. The van der Waals surface area contributed by atoms with E-state index in [0.29, 0.717) is 25.0 Å². The SMILES string of the molecule is CS(=O)(=O)[C@]1(Cc2ccccc2)[C@@H]2OCCC[C@@H]2S1(=O)=O. The van der Waals surface area contributed by atoms with Gasteiger partial charge in [0.05, 0.1) is 5.25 Å². The second kappa shape index (κ2) is 4.79. The zero-order valence-electron chi connectivity index (χ0n) is 11.7. The van der Waals surface area contributed by atoms with Gasteiger partial charge in [-0.15, -0.1) is 0 Å². The number of hydrogen-bond acceptors (Lipinski definition) is 5. The molecule has 2 aliphatic heterocycles. The van der Waals surface area contributed by atoms with Gasteiger partial charge in [-0.05, 0) is 18.4 Å². The summed E-state index contributed by atoms with van der Waals surface area (Å²) in [6, 6.07) is 8.86. The zero-order chi connectivity index (χ0) is 15.3. The van der Waals surface area contributed by atoms with Gasteiger partial charge >= 0.3 is 0 Å². The van der Waals surface area contributed by atoms with Crippen LogP contribution in [0, 0.1) is 0 Å². The Labute approximate surface area is 125 Å². The molecule has 116 valence electrons. The van der Waals surface area contributed by atoms with Crippen LogP contribution in [0.25, 0.3) is 0 Å². The van der Waals surface area contributed by atoms with Crippen LogP contribution < -0.4 is 0 Å². The lowest BCUT2D eigenvalue weighted by atomic mass is 9.98. The van der Waals surface area contributed by atoms with Gasteiger partial charge in [0, 0.05) is 19.3 Å². The Hall–Kier alpha value is -0.920. The first-order valence-corrected chi connectivity index (χ1v) is 10.3. The van der Waals surface area contributed by atoms with Gasteiger partial charge in [-0.3, -0.25) is 0 Å². The molecule has 1 aromatic rings. The third-order valence-corrected chi connectivity index (χ3v) is 10.4. The molecule has 2 fully saturated rings. The highest BCUT2D eigenvalue weighted by molar-refractivity contribution is 8.11. The van der Waals surface area contributed by atoms with Gasteiger partial charge in [-0.1, -0.05) is 30.3 Å². The van der Waals surface area contributed by atoms with Gasteiger partial charge in [0.1, 0.15) is 6.10 Å². The lowest BCUT2D eigenvalue weighted by Gasteiger charge is -2.53. The fourth-order valence-electron chi connectivity index (χ4n) is 3.46. The maximum absolute atomic E-state index is 12.7. The van der Waals surface area contributed by atoms with E-state index in [1.165, 1.54) is 0 Å². The molecule has 0 spiro atoms. The predicted molar refractivity (Wildman–Crippen MR) is 79.4 cm³/mol. The van der Waals surface area contributed by atoms with Crippen LogP contribution in [0.3, 0.4) is 0 Å². The van der Waals surface area contributed by atoms with Crippen LogP contribution in [0.2, 0.25) is 0 Å². The van der Waals surface area contributed by atoms with E-state index in [9.17, 15) is 16.8 Å². The lowest BCUT2D eigenvalue weighted by molar-refractivity contribution is -0.00890. The van der Waals surface area contributed by atoms with Gasteiger partial charge in [0.25, 0.3) is 0 Å². The quantitative estimate of drug-likeness (QED) is 0.824. The van der Waals surface area contributed by atoms with Crippen molar-refractivity contribution in [1.82, 2.24) is 0 Å². The van der Waals surface area contributed by atoms with E-state index in [2.05, 4.69) is 0 Å². The smallest absolute Gasteiger partial charge is 0.204 e. The third kappa shape index (κ3) is 1.98. The van der Waals surface area contributed by atoms with Gasteiger partial charge < -0.3 is 4.74 Å². The van der Waals surface area contributed by atoms with Crippen LogP contribution >= 0.6 is 0 Å². The number of fused-ring (bicyclic) bond motifs is 1. The number of benzene rings is 1. The van der Waals surface area contributed by atoms with Crippen molar-refractivity contribution in [3.63, 3.8) is 0 Å². The Morgan fingerprint density at radius 3 is 2.57 bits per heavy atom. The minimum atomic E-state index is -3.82. The first kappa shape index (κ1) is 15.0. The van der Waals surface area contributed by atoms with Gasteiger partial charge in [0.2, 0.25) is 4.08 Å². The molecule has 3 atom stereocenters. The average molecular weight is 330 g/mol. The highest BCUT2D eigenvalue weighted by Gasteiger charge is 2.74. The van der Waals surface area contributed by atoms with Crippen LogP contribution in [0.15, 0.2) is 30.3 Å². The van der Waals surface area contributed by atoms with Gasteiger partial charge in [-0.25, -0.2) is 16.8 Å². The van der Waals surface area contributed by atoms with Crippen molar-refractivity contribution in [1.29, 1.82) is 0 Å². The topological polar surface area (TPSA) is 77.5 Å². The molecule has 0 aromatic heterocycles. The van der Waals surface area contributed by atoms with E-state index >= 15 is 0 Å². The number of sulfone groups is 2. The molecule has 5 nitrogen and oxygen atoms in total. The summed E-state index contributed by atoms with van der Waals surface area (Å²) in [6.07, 6.45) is 1.36. The number of ether oxygens (including phenoxy) is 1. The summed E-state index contributed by atoms with van der Waals surface area (Å²) in [5.74, 6) is 0. The third-order valence-electron chi connectivity index (χ3n) is 4.50. The molecule has 2 aliphatic rings. The predicted octanol–water partition coefficient (Wildman–Crippen LogP) is 0.946. The van der Waals surface area contributed by atoms with Crippen LogP contribution in [0.4, 0.5) is 0 Å². The van der Waals surface area contributed by atoms with Gasteiger partial charge in [0.15, 0.2) is 19.7 Å². The van der Waals surface area contributed by atoms with Crippen molar-refractivity contribution in [2.75, 3.05) is 12.9 Å². The van der Waals surface area contributed by atoms with Crippen LogP contribution in [-0.2, 0) is 30.8 Å². The van der Waals surface area contributed by atoms with E-state index < -0.39 is 35.1 Å². The summed E-state index contributed by atoms with van der Waals surface area (Å²) >= 11 is 0. The second-order valence-electron chi connectivity index (χ2n) is 5.76. The lowest BCUT2D eigenvalue weighted by Crippen LogP contribution is -2.75. The Morgan fingerprint density at radius 2 is 1.95 bits per heavy atom. The van der Waals surface area contributed by atoms with Crippen molar-refractivity contribution in [3.8, 4) is 0 Å². The summed E-state index contributed by atoms with van der Waals surface area (Å²) in [7, 11) is -7.57. The molecule has 0 aliphatic carbocycles. The van der Waals surface area contributed by atoms with Crippen molar-refractivity contribution < 1.29 is 21.6 Å². The molecule has 21 heavy (non-hydrogen) atoms. The standard InChI is InChI=1S/C14H18O5S2/c1-20(15,16)14(10-11-6-3-2-4-7-11)13-12(21(14,17)18)8-5-9-19-13/h2-4,6-7,12-13H,5,8-10H2,1H3/t12-,13+,14-/m0/s1. The van der Waals surface area contributed by atoms with E-state index in [1.807, 2.05) is 6.07 Å². The number of rotatable bonds is 3. The van der Waals surface area contributed by atoms with Crippen molar-refractivity contribution in [3.05, 3.63) is 35.9 Å². The first-order valence-electron chi connectivity index (χ1n) is 6.89. The Kier molecular flexibility index (Phi) is 3.42. The van der Waals surface area contributed by atoms with E-state index in [4.69, 9.17) is 4.74 Å². The largest absolute Gasteiger partial charge is 0.374 e. The average Bonchev–Trinajstić information content (AvgIpc) is 2.44. The first-order chi connectivity index (χ1) is 9.81. The molecular weight excluding hydrogens is 312 g/mol. The summed E-state index contributed by atoms with van der Waals surface area (Å²) in [4.78, 5) is 0. The molecule has 0 bridgehead atoms. The molecule has 2 heterocycles. The monoisotopic (exact) mass is 330 g/mol. The summed E-state index contributed by atoms with van der Waals surface area (Å²) in [5.41, 5.74) is 0.694. The molecule has 2 saturated heterocycles. The highest BCUT2D eigenvalue weighted by Crippen LogP contribution is 2.51. The maximum atomic E-state index is 12.7. The fraction of sp³-hybridized carbons (Fsp3) is 0.571. The summed E-state index contributed by atoms with van der Waals surface area (Å²) in [5, 5.41) is -0.676. The maximum Gasteiger partial charge on any atom is 0.204 e. The molecule has 1 aromatic carbocycles. The molecule has 0 unspecified atom stereocenters. The Morgan fingerprint density at radius 1 is 1.29 bits per heavy atom. The molecule has 0 radical (unpaired) electrons. The summed E-state index contributed by atoms with van der Waals surface area (Å²) in [6.45, 7) is 0.419. The Bertz CT molecular complexity index is 739. The van der Waals surface area contributed by atoms with Crippen molar-refractivity contribution in [2.45, 2.75) is 34.7 Å². The zero-order valence-corrected chi connectivity index (χ0v) is 13.4. The van der Waals surface area contributed by atoms with Crippen LogP contribution in [0.5, 0.6) is 0 Å². The minimum absolute atomic E-state index is 0.0455. The van der Waals surface area contributed by atoms with E-state index in [-0.39, 0.29) is 6.42 Å². The highest BCUT2D eigenvalue weighted by atomic mass is 32.3. The normalized spacial score (nSPS) is 34.7. The van der Waals surface area contributed by atoms with Crippen LogP contribution in [0.1, 0.15) is 18.4 Å². The Balaban J connectivity index is 2.11. The minimum Gasteiger partial charge on any atom is -0.374 e. The molecular formula is C14H18O5S2. The van der Waals surface area contributed by atoms with Crippen molar-refractivity contribution in [2.24, 2.45) is 0 Å². The molecule has 3 rings (SSSR count). The second-order valence-corrected chi connectivity index (χ2v) is 10.7. The van der Waals surface area contributed by atoms with Crippen LogP contribution in [-0.4, -0.2) is 45.1 Å². The molecule has 0 N–H and O–H groups in total. The van der Waals surface area contributed by atoms with Gasteiger partial charge in [-0.2, -0.15) is 0 Å².